The van der Waals surface area contributed by atoms with Crippen LogP contribution < -0.4 is 5.73 Å². The third-order valence-corrected chi connectivity index (χ3v) is 4.06. The van der Waals surface area contributed by atoms with Gasteiger partial charge in [-0.3, -0.25) is 4.79 Å². The molecule has 0 saturated carbocycles. The third-order valence-electron chi connectivity index (χ3n) is 4.06. The van der Waals surface area contributed by atoms with Gasteiger partial charge in [-0.05, 0) is 32.1 Å². The van der Waals surface area contributed by atoms with Gasteiger partial charge in [-0.15, -0.1) is 0 Å². The first-order valence-corrected chi connectivity index (χ1v) is 6.75. The third kappa shape index (κ3) is 3.37. The van der Waals surface area contributed by atoms with Crippen LogP contribution in [0.5, 0.6) is 0 Å². The second-order valence-electron chi connectivity index (χ2n) is 5.39. The summed E-state index contributed by atoms with van der Waals surface area (Å²) in [5.74, 6) is 0.288. The number of oxime groups is 1. The summed E-state index contributed by atoms with van der Waals surface area (Å²) in [7, 11) is 1.67. The van der Waals surface area contributed by atoms with E-state index in [1.54, 1.807) is 14.0 Å². The van der Waals surface area contributed by atoms with E-state index in [0.717, 1.165) is 19.4 Å². The molecule has 0 aromatic heterocycles. The molecule has 0 aromatic carbocycles. The molecule has 1 fully saturated rings. The average Bonchev–Trinajstić information content (AvgIpc) is 2.45. The zero-order valence-electron chi connectivity index (χ0n) is 12.1. The van der Waals surface area contributed by atoms with Gasteiger partial charge in [0.2, 0.25) is 5.91 Å². The lowest BCUT2D eigenvalue weighted by Gasteiger charge is -2.38. The summed E-state index contributed by atoms with van der Waals surface area (Å²) < 4.78 is 5.16. The lowest BCUT2D eigenvalue weighted by atomic mass is 9.83. The smallest absolute Gasteiger partial charge is 0.236 e. The van der Waals surface area contributed by atoms with Crippen molar-refractivity contribution in [2.24, 2.45) is 22.2 Å². The van der Waals surface area contributed by atoms with Crippen molar-refractivity contribution < 1.29 is 14.7 Å². The maximum absolute atomic E-state index is 12.6. The molecule has 0 aliphatic carbocycles. The molecule has 6 heteroatoms. The Morgan fingerprint density at radius 2 is 2.32 bits per heavy atom. The number of nitrogens with zero attached hydrogens (tertiary/aromatic N) is 2. The molecule has 1 aliphatic rings. The molecule has 2 unspecified atom stereocenters. The quantitative estimate of drug-likeness (QED) is 0.338. The van der Waals surface area contributed by atoms with Crippen molar-refractivity contribution in [3.8, 4) is 0 Å². The van der Waals surface area contributed by atoms with Crippen LogP contribution in [-0.2, 0) is 9.53 Å². The van der Waals surface area contributed by atoms with Gasteiger partial charge in [-0.1, -0.05) is 12.1 Å². The van der Waals surface area contributed by atoms with Gasteiger partial charge in [0.15, 0.2) is 5.84 Å². The van der Waals surface area contributed by atoms with Crippen LogP contribution in [0.2, 0.25) is 0 Å². The molecule has 1 saturated heterocycles. The van der Waals surface area contributed by atoms with Crippen molar-refractivity contribution in [2.75, 3.05) is 26.8 Å². The Morgan fingerprint density at radius 3 is 2.84 bits per heavy atom. The summed E-state index contributed by atoms with van der Waals surface area (Å²) in [5.41, 5.74) is 4.76. The van der Waals surface area contributed by atoms with E-state index < -0.39 is 5.41 Å². The number of piperidine rings is 1. The average molecular weight is 271 g/mol. The number of hydrogen-bond donors (Lipinski definition) is 2. The fourth-order valence-electron chi connectivity index (χ4n) is 2.52. The Labute approximate surface area is 114 Å². The highest BCUT2D eigenvalue weighted by atomic mass is 16.5. The van der Waals surface area contributed by atoms with Crippen LogP contribution in [0.25, 0.3) is 0 Å². The van der Waals surface area contributed by atoms with Crippen molar-refractivity contribution in [2.45, 2.75) is 33.1 Å². The molecule has 2 atom stereocenters. The molecule has 1 amide bonds. The van der Waals surface area contributed by atoms with E-state index >= 15 is 0 Å². The first kappa shape index (κ1) is 15.8. The minimum absolute atomic E-state index is 0.0196. The first-order chi connectivity index (χ1) is 8.99. The number of likely N-dealkylation sites (tertiary alicyclic amines) is 1. The molecule has 1 aliphatic heterocycles. The minimum atomic E-state index is -0.927. The standard InChI is InChI=1S/C13H25N3O3/c1-4-13(2,11(14)15-18)12(17)16-7-5-6-10(8-16)9-19-3/h10,18H,4-9H2,1-3H3,(H2,14,15). The number of nitrogens with two attached hydrogens (primary N) is 1. The Kier molecular flexibility index (Phi) is 5.60. The topological polar surface area (TPSA) is 88.2 Å². The van der Waals surface area contributed by atoms with Crippen molar-refractivity contribution in [1.29, 1.82) is 0 Å². The summed E-state index contributed by atoms with van der Waals surface area (Å²) in [6, 6.07) is 0. The van der Waals surface area contributed by atoms with E-state index in [4.69, 9.17) is 15.7 Å². The van der Waals surface area contributed by atoms with Gasteiger partial charge in [-0.2, -0.15) is 0 Å². The summed E-state index contributed by atoms with van der Waals surface area (Å²) in [4.78, 5) is 14.4. The van der Waals surface area contributed by atoms with Crippen molar-refractivity contribution >= 4 is 11.7 Å². The van der Waals surface area contributed by atoms with Gasteiger partial charge >= 0.3 is 0 Å². The maximum Gasteiger partial charge on any atom is 0.236 e. The molecule has 1 rings (SSSR count). The number of amides is 1. The maximum atomic E-state index is 12.6. The van der Waals surface area contributed by atoms with Gasteiger partial charge in [0.25, 0.3) is 0 Å². The largest absolute Gasteiger partial charge is 0.409 e. The Bertz CT molecular complexity index is 344. The fourth-order valence-corrected chi connectivity index (χ4v) is 2.52. The van der Waals surface area contributed by atoms with E-state index in [2.05, 4.69) is 5.16 Å². The molecule has 0 bridgehead atoms. The van der Waals surface area contributed by atoms with Crippen LogP contribution >= 0.6 is 0 Å². The number of hydrogen-bond acceptors (Lipinski definition) is 4. The van der Waals surface area contributed by atoms with Gasteiger partial charge in [0.05, 0.1) is 6.61 Å². The minimum Gasteiger partial charge on any atom is -0.409 e. The second-order valence-corrected chi connectivity index (χ2v) is 5.39. The van der Waals surface area contributed by atoms with Gasteiger partial charge in [0, 0.05) is 20.2 Å². The van der Waals surface area contributed by atoms with E-state index in [-0.39, 0.29) is 11.7 Å². The van der Waals surface area contributed by atoms with E-state index in [1.807, 2.05) is 11.8 Å². The van der Waals surface area contributed by atoms with Crippen molar-refractivity contribution in [3.63, 3.8) is 0 Å². The van der Waals surface area contributed by atoms with Gasteiger partial charge < -0.3 is 20.6 Å². The summed E-state index contributed by atoms with van der Waals surface area (Å²) in [5, 5.41) is 11.9. The normalized spacial score (nSPS) is 24.1. The Morgan fingerprint density at radius 1 is 1.63 bits per heavy atom. The van der Waals surface area contributed by atoms with Crippen LogP contribution in [0, 0.1) is 11.3 Å². The van der Waals surface area contributed by atoms with Crippen LogP contribution in [-0.4, -0.2) is 48.7 Å². The first-order valence-electron chi connectivity index (χ1n) is 6.75. The molecule has 110 valence electrons. The fraction of sp³-hybridized carbons (Fsp3) is 0.846. The van der Waals surface area contributed by atoms with Crippen LogP contribution in [0.3, 0.4) is 0 Å². The number of amidine groups is 1. The van der Waals surface area contributed by atoms with Crippen molar-refractivity contribution in [1.82, 2.24) is 4.90 Å². The number of rotatable bonds is 5. The predicted molar refractivity (Wildman–Crippen MR) is 73.0 cm³/mol. The molecule has 1 heterocycles. The summed E-state index contributed by atoms with van der Waals surface area (Å²) in [6.45, 7) is 5.67. The van der Waals surface area contributed by atoms with E-state index in [0.29, 0.717) is 25.5 Å². The Balaban J connectivity index is 2.80. The number of carbonyl (C=O) groups is 1. The highest BCUT2D eigenvalue weighted by Gasteiger charge is 2.40. The van der Waals surface area contributed by atoms with Gasteiger partial charge in [-0.25, -0.2) is 0 Å². The molecule has 19 heavy (non-hydrogen) atoms. The molecular formula is C13H25N3O3. The molecular weight excluding hydrogens is 246 g/mol. The lowest BCUT2D eigenvalue weighted by Crippen LogP contribution is -2.52. The van der Waals surface area contributed by atoms with E-state index in [9.17, 15) is 4.79 Å². The molecule has 0 radical (unpaired) electrons. The van der Waals surface area contributed by atoms with Gasteiger partial charge in [0.1, 0.15) is 5.41 Å². The second kappa shape index (κ2) is 6.75. The molecule has 6 nitrogen and oxygen atoms in total. The number of methoxy groups -OCH3 is 1. The summed E-state index contributed by atoms with van der Waals surface area (Å²) in [6.07, 6.45) is 2.55. The molecule has 0 spiro atoms. The SMILES string of the molecule is CCC(C)(C(=O)N1CCCC(COC)C1)C(N)=NO. The van der Waals surface area contributed by atoms with E-state index in [1.165, 1.54) is 0 Å². The predicted octanol–water partition coefficient (Wildman–Crippen LogP) is 1.03. The lowest BCUT2D eigenvalue weighted by molar-refractivity contribution is -0.140. The molecule has 0 aromatic rings. The van der Waals surface area contributed by atoms with Crippen molar-refractivity contribution in [3.05, 3.63) is 0 Å². The van der Waals surface area contributed by atoms with Crippen LogP contribution in [0.1, 0.15) is 33.1 Å². The number of carbonyl (C=O) groups excluding carboxylic acids is 1. The molecule has 3 N–H and O–H groups in total. The Hall–Kier alpha value is -1.30. The highest BCUT2D eigenvalue weighted by Crippen LogP contribution is 2.27. The zero-order chi connectivity index (χ0) is 14.5. The van der Waals surface area contributed by atoms with Crippen LogP contribution in [0.4, 0.5) is 0 Å². The highest BCUT2D eigenvalue weighted by molar-refractivity contribution is 6.06. The summed E-state index contributed by atoms with van der Waals surface area (Å²) >= 11 is 0. The number of ether oxygens (including phenoxy) is 1. The zero-order valence-corrected chi connectivity index (χ0v) is 12.1. The monoisotopic (exact) mass is 271 g/mol. The van der Waals surface area contributed by atoms with Crippen LogP contribution in [0.15, 0.2) is 5.16 Å².